The minimum atomic E-state index is -0.304. The topological polar surface area (TPSA) is 64.4 Å². The van der Waals surface area contributed by atoms with Gasteiger partial charge in [0.15, 0.2) is 12.2 Å². The van der Waals surface area contributed by atoms with Crippen molar-refractivity contribution in [3.05, 3.63) is 76.3 Å². The van der Waals surface area contributed by atoms with E-state index in [0.29, 0.717) is 27.9 Å². The van der Waals surface area contributed by atoms with E-state index in [1.54, 1.807) is 12.1 Å². The first-order valence-corrected chi connectivity index (χ1v) is 9.94. The van der Waals surface area contributed by atoms with Gasteiger partial charge >= 0.3 is 0 Å². The van der Waals surface area contributed by atoms with Gasteiger partial charge in [-0.15, -0.1) is 0 Å². The Morgan fingerprint density at radius 3 is 2.60 bits per heavy atom. The van der Waals surface area contributed by atoms with Crippen LogP contribution < -0.4 is 10.1 Å². The summed E-state index contributed by atoms with van der Waals surface area (Å²) in [6, 6.07) is 16.9. The number of hydrogen-bond acceptors (Lipinski definition) is 4. The summed E-state index contributed by atoms with van der Waals surface area (Å²) in [6.07, 6.45) is 0. The SMILES string of the molecule is Cc1ccc(OCC(=O)Nc2cc(-c3nc4cc(C)ccc4o3)ccc2Cl)c(C)c1. The molecule has 0 radical (unpaired) electrons. The third-order valence-electron chi connectivity index (χ3n) is 4.72. The molecule has 30 heavy (non-hydrogen) atoms. The number of aromatic nitrogens is 1. The van der Waals surface area contributed by atoms with Crippen molar-refractivity contribution in [2.45, 2.75) is 20.8 Å². The Kier molecular flexibility index (Phi) is 5.46. The first kappa shape index (κ1) is 20.0. The number of nitrogens with one attached hydrogen (secondary N) is 1. The number of rotatable bonds is 5. The molecule has 0 aliphatic rings. The van der Waals surface area contributed by atoms with E-state index in [1.807, 2.05) is 63.2 Å². The van der Waals surface area contributed by atoms with Crippen LogP contribution in [0.2, 0.25) is 5.02 Å². The van der Waals surface area contributed by atoms with E-state index in [0.717, 1.165) is 27.8 Å². The number of fused-ring (bicyclic) bond motifs is 1. The Hall–Kier alpha value is -3.31. The van der Waals surface area contributed by atoms with E-state index < -0.39 is 0 Å². The molecule has 6 heteroatoms. The fourth-order valence-corrected chi connectivity index (χ4v) is 3.37. The Balaban J connectivity index is 1.50. The molecule has 4 aromatic rings. The molecule has 1 aromatic heterocycles. The molecule has 5 nitrogen and oxygen atoms in total. The second-order valence-electron chi connectivity index (χ2n) is 7.29. The summed E-state index contributed by atoms with van der Waals surface area (Å²) >= 11 is 6.28. The zero-order valence-electron chi connectivity index (χ0n) is 17.0. The van der Waals surface area contributed by atoms with Gasteiger partial charge in [0.25, 0.3) is 5.91 Å². The van der Waals surface area contributed by atoms with Crippen LogP contribution in [0.25, 0.3) is 22.6 Å². The number of benzene rings is 3. The molecule has 3 aromatic carbocycles. The van der Waals surface area contributed by atoms with Crippen LogP contribution in [0.15, 0.2) is 59.0 Å². The Labute approximate surface area is 179 Å². The molecule has 4 rings (SSSR count). The van der Waals surface area contributed by atoms with Crippen LogP contribution in [0.1, 0.15) is 16.7 Å². The molecule has 152 valence electrons. The second-order valence-corrected chi connectivity index (χ2v) is 7.70. The van der Waals surface area contributed by atoms with Crippen molar-refractivity contribution in [2.24, 2.45) is 0 Å². The second kappa shape index (κ2) is 8.20. The summed E-state index contributed by atoms with van der Waals surface area (Å²) in [6.45, 7) is 5.84. The molecule has 0 bridgehead atoms. The number of aryl methyl sites for hydroxylation is 3. The molecular formula is C24H21ClN2O3. The van der Waals surface area contributed by atoms with Crippen LogP contribution in [-0.4, -0.2) is 17.5 Å². The lowest BCUT2D eigenvalue weighted by Gasteiger charge is -2.11. The third-order valence-corrected chi connectivity index (χ3v) is 5.05. The molecule has 0 spiro atoms. The Bertz CT molecular complexity index is 1250. The van der Waals surface area contributed by atoms with Gasteiger partial charge in [-0.05, 0) is 68.3 Å². The van der Waals surface area contributed by atoms with Crippen LogP contribution in [0.5, 0.6) is 5.75 Å². The molecule has 1 N–H and O–H groups in total. The van der Waals surface area contributed by atoms with Crippen LogP contribution in [-0.2, 0) is 4.79 Å². The quantitative estimate of drug-likeness (QED) is 0.424. The number of ether oxygens (including phenoxy) is 1. The average molecular weight is 421 g/mol. The van der Waals surface area contributed by atoms with Crippen molar-refractivity contribution < 1.29 is 13.9 Å². The summed E-state index contributed by atoms with van der Waals surface area (Å²) < 4.78 is 11.5. The van der Waals surface area contributed by atoms with E-state index >= 15 is 0 Å². The summed E-state index contributed by atoms with van der Waals surface area (Å²) in [5.41, 5.74) is 5.91. The number of amides is 1. The maximum atomic E-state index is 12.4. The fourth-order valence-electron chi connectivity index (χ4n) is 3.21. The van der Waals surface area contributed by atoms with Crippen molar-refractivity contribution in [1.82, 2.24) is 4.98 Å². The van der Waals surface area contributed by atoms with E-state index in [-0.39, 0.29) is 12.5 Å². The van der Waals surface area contributed by atoms with Gasteiger partial charge in [-0.1, -0.05) is 35.4 Å². The van der Waals surface area contributed by atoms with Gasteiger partial charge in [0.2, 0.25) is 5.89 Å². The van der Waals surface area contributed by atoms with E-state index in [9.17, 15) is 4.79 Å². The van der Waals surface area contributed by atoms with Gasteiger partial charge in [-0.3, -0.25) is 4.79 Å². The highest BCUT2D eigenvalue weighted by atomic mass is 35.5. The standard InChI is InChI=1S/C24H21ClN2O3/c1-14-4-8-21(16(3)10-14)29-13-23(28)26-19-12-17(6-7-18(19)25)24-27-20-11-15(2)5-9-22(20)30-24/h4-12H,13H2,1-3H3,(H,26,28). The minimum absolute atomic E-state index is 0.118. The third kappa shape index (κ3) is 4.31. The van der Waals surface area contributed by atoms with Gasteiger partial charge in [-0.2, -0.15) is 0 Å². The molecule has 1 amide bonds. The maximum Gasteiger partial charge on any atom is 0.262 e. The van der Waals surface area contributed by atoms with Crippen molar-refractivity contribution in [2.75, 3.05) is 11.9 Å². The number of halogens is 1. The summed E-state index contributed by atoms with van der Waals surface area (Å²) in [5, 5.41) is 3.22. The number of hydrogen-bond donors (Lipinski definition) is 1. The highest BCUT2D eigenvalue weighted by molar-refractivity contribution is 6.33. The Morgan fingerprint density at radius 2 is 1.80 bits per heavy atom. The molecule has 1 heterocycles. The lowest BCUT2D eigenvalue weighted by Crippen LogP contribution is -2.20. The zero-order valence-corrected chi connectivity index (χ0v) is 17.7. The van der Waals surface area contributed by atoms with Gasteiger partial charge < -0.3 is 14.5 Å². The zero-order chi connectivity index (χ0) is 21.3. The van der Waals surface area contributed by atoms with Crippen LogP contribution in [0, 0.1) is 20.8 Å². The van der Waals surface area contributed by atoms with E-state index in [4.69, 9.17) is 20.8 Å². The van der Waals surface area contributed by atoms with Crippen LogP contribution in [0.3, 0.4) is 0 Å². The fraction of sp³-hybridized carbons (Fsp3) is 0.167. The van der Waals surface area contributed by atoms with Gasteiger partial charge in [-0.25, -0.2) is 4.98 Å². The lowest BCUT2D eigenvalue weighted by molar-refractivity contribution is -0.118. The van der Waals surface area contributed by atoms with Gasteiger partial charge in [0, 0.05) is 5.56 Å². The molecule has 0 atom stereocenters. The predicted molar refractivity (Wildman–Crippen MR) is 119 cm³/mol. The minimum Gasteiger partial charge on any atom is -0.483 e. The van der Waals surface area contributed by atoms with Crippen molar-refractivity contribution in [1.29, 1.82) is 0 Å². The molecule has 0 aliphatic heterocycles. The number of carbonyl (C=O) groups excluding carboxylic acids is 1. The molecule has 0 saturated carbocycles. The number of oxazole rings is 1. The molecular weight excluding hydrogens is 400 g/mol. The van der Waals surface area contributed by atoms with E-state index in [1.165, 1.54) is 0 Å². The van der Waals surface area contributed by atoms with Crippen molar-refractivity contribution in [3.8, 4) is 17.2 Å². The maximum absolute atomic E-state index is 12.4. The molecule has 0 unspecified atom stereocenters. The normalized spacial score (nSPS) is 10.9. The largest absolute Gasteiger partial charge is 0.483 e. The first-order valence-electron chi connectivity index (χ1n) is 9.56. The average Bonchev–Trinajstić information content (AvgIpc) is 3.12. The van der Waals surface area contributed by atoms with Crippen molar-refractivity contribution in [3.63, 3.8) is 0 Å². The van der Waals surface area contributed by atoms with Gasteiger partial charge in [0.1, 0.15) is 11.3 Å². The monoisotopic (exact) mass is 420 g/mol. The summed E-state index contributed by atoms with van der Waals surface area (Å²) in [7, 11) is 0. The first-order chi connectivity index (χ1) is 14.4. The molecule has 0 saturated heterocycles. The van der Waals surface area contributed by atoms with Gasteiger partial charge in [0.05, 0.1) is 10.7 Å². The molecule has 0 fully saturated rings. The summed E-state index contributed by atoms with van der Waals surface area (Å²) in [4.78, 5) is 16.9. The van der Waals surface area contributed by atoms with Crippen LogP contribution in [0.4, 0.5) is 5.69 Å². The Morgan fingerprint density at radius 1 is 1.03 bits per heavy atom. The predicted octanol–water partition coefficient (Wildman–Crippen LogP) is 6.09. The highest BCUT2D eigenvalue weighted by Gasteiger charge is 2.13. The number of nitrogens with zero attached hydrogens (tertiary/aromatic N) is 1. The van der Waals surface area contributed by atoms with Crippen LogP contribution >= 0.6 is 11.6 Å². The van der Waals surface area contributed by atoms with Crippen molar-refractivity contribution >= 4 is 34.3 Å². The molecule has 0 aliphatic carbocycles. The number of anilines is 1. The number of carbonyl (C=O) groups is 1. The smallest absolute Gasteiger partial charge is 0.262 e. The van der Waals surface area contributed by atoms with E-state index in [2.05, 4.69) is 10.3 Å². The summed E-state index contributed by atoms with van der Waals surface area (Å²) in [5.74, 6) is 0.842. The lowest BCUT2D eigenvalue weighted by atomic mass is 10.1. The highest BCUT2D eigenvalue weighted by Crippen LogP contribution is 2.30.